The van der Waals surface area contributed by atoms with Crippen molar-refractivity contribution in [2.45, 2.75) is 83.5 Å². The van der Waals surface area contributed by atoms with E-state index in [0.717, 1.165) is 40.8 Å². The molecule has 1 spiro atoms. The van der Waals surface area contributed by atoms with Crippen molar-refractivity contribution in [3.63, 3.8) is 0 Å². The van der Waals surface area contributed by atoms with Crippen molar-refractivity contribution in [2.24, 2.45) is 0 Å². The van der Waals surface area contributed by atoms with Crippen LogP contribution in [0.3, 0.4) is 0 Å². The zero-order valence-electron chi connectivity index (χ0n) is 37.8. The number of fused-ring (bicyclic) bond motifs is 12. The summed E-state index contributed by atoms with van der Waals surface area (Å²) < 4.78 is 0. The van der Waals surface area contributed by atoms with Gasteiger partial charge >= 0.3 is 0 Å². The molecule has 1 radical (unpaired) electrons. The zero-order chi connectivity index (χ0) is 43.7. The quantitative estimate of drug-likeness (QED) is 0.0804. The first-order chi connectivity index (χ1) is 32.1. The van der Waals surface area contributed by atoms with Gasteiger partial charge in [0.1, 0.15) is 0 Å². The van der Waals surface area contributed by atoms with Crippen LogP contribution in [0.5, 0.6) is 0 Å². The van der Waals surface area contributed by atoms with Crippen molar-refractivity contribution >= 4 is 10.8 Å². The van der Waals surface area contributed by atoms with Crippen LogP contribution in [-0.2, 0) is 38.4 Å². The van der Waals surface area contributed by atoms with E-state index in [2.05, 4.69) is 178 Å². The average molecular weight is 1030 g/mol. The van der Waals surface area contributed by atoms with Gasteiger partial charge in [0.05, 0.1) is 5.41 Å². The van der Waals surface area contributed by atoms with E-state index in [1.54, 1.807) is 0 Å². The smallest absolute Gasteiger partial charge is 0.165 e. The van der Waals surface area contributed by atoms with E-state index in [-0.39, 0.29) is 20.1 Å². The molecule has 11 rings (SSSR count). The molecule has 2 aliphatic rings. The maximum absolute atomic E-state index is 5.13. The number of pyridine rings is 1. The molecule has 0 N–H and O–H groups in total. The van der Waals surface area contributed by atoms with Crippen molar-refractivity contribution in [2.75, 3.05) is 0 Å². The summed E-state index contributed by atoms with van der Waals surface area (Å²) in [6, 6.07) is 61.4. The van der Waals surface area contributed by atoms with Gasteiger partial charge in [0.2, 0.25) is 0 Å². The summed E-state index contributed by atoms with van der Waals surface area (Å²) >= 11 is 0. The molecule has 66 heavy (non-hydrogen) atoms. The Bertz CT molecular complexity index is 3050. The van der Waals surface area contributed by atoms with Crippen LogP contribution < -0.4 is 0 Å². The van der Waals surface area contributed by atoms with Crippen LogP contribution in [0.25, 0.3) is 78.4 Å². The van der Waals surface area contributed by atoms with Gasteiger partial charge in [-0.1, -0.05) is 204 Å². The van der Waals surface area contributed by atoms with Crippen LogP contribution in [0.2, 0.25) is 0 Å². The molecule has 0 amide bonds. The third-order valence-corrected chi connectivity index (χ3v) is 13.9. The number of benzene rings is 7. The molecule has 0 saturated carbocycles. The molecule has 2 aromatic heterocycles. The fourth-order valence-electron chi connectivity index (χ4n) is 10.6. The second kappa shape index (κ2) is 18.8. The molecule has 7 aromatic carbocycles. The summed E-state index contributed by atoms with van der Waals surface area (Å²) in [5.74, 6) is 1.93. The summed E-state index contributed by atoms with van der Waals surface area (Å²) in [5.41, 5.74) is 17.2. The van der Waals surface area contributed by atoms with Gasteiger partial charge in [0, 0.05) is 43.0 Å². The Kier molecular flexibility index (Phi) is 12.4. The Morgan fingerprint density at radius 3 is 1.59 bits per heavy atom. The Hall–Kier alpha value is -6.39. The maximum Gasteiger partial charge on any atom is 0.165 e. The van der Waals surface area contributed by atoms with Crippen LogP contribution in [-0.4, -0.2) is 19.9 Å². The molecular formula is C61H53IrN4-. The number of rotatable bonds is 14. The van der Waals surface area contributed by atoms with Gasteiger partial charge in [0.25, 0.3) is 0 Å². The molecule has 9 aromatic rings. The van der Waals surface area contributed by atoms with E-state index in [1.165, 1.54) is 118 Å². The van der Waals surface area contributed by atoms with Gasteiger partial charge in [-0.3, -0.25) is 0 Å². The van der Waals surface area contributed by atoms with Gasteiger partial charge in [-0.15, -0.1) is 29.3 Å². The molecule has 0 fully saturated rings. The first kappa shape index (κ1) is 43.5. The second-order valence-corrected chi connectivity index (χ2v) is 18.0. The van der Waals surface area contributed by atoms with Crippen molar-refractivity contribution in [3.8, 4) is 67.7 Å². The Morgan fingerprint density at radius 2 is 1.02 bits per heavy atom. The van der Waals surface area contributed by atoms with Gasteiger partial charge in [-0.25, -0.2) is 15.0 Å². The first-order valence-electron chi connectivity index (χ1n) is 23.8. The van der Waals surface area contributed by atoms with Crippen molar-refractivity contribution < 1.29 is 20.1 Å². The minimum Gasteiger partial charge on any atom is -0.304 e. The normalized spacial score (nSPS) is 12.7. The van der Waals surface area contributed by atoms with E-state index in [1.807, 2.05) is 6.20 Å². The molecule has 0 atom stereocenters. The molecule has 0 unspecified atom stereocenters. The fraction of sp³-hybridized carbons (Fsp3) is 0.213. The molecular weight excluding hydrogens is 981 g/mol. The summed E-state index contributed by atoms with van der Waals surface area (Å²) in [7, 11) is 0. The molecule has 2 aliphatic carbocycles. The topological polar surface area (TPSA) is 51.6 Å². The SMILES string of the molecule is CCCCCCc1ccc(-c2nc(-c3ccc(CCCCCC)cc3)nc(-c3ccc(-c4[c-]cc5c(c4)C4(c6ccccc6-c6ccccc64)c4ccc6ccccc6c4-5)nc3)n2)cc1.[Ir]. The Balaban J connectivity index is 0.00000511. The predicted molar refractivity (Wildman–Crippen MR) is 268 cm³/mol. The number of aryl methyl sites for hydroxylation is 2. The number of nitrogens with zero attached hydrogens (tertiary/aromatic N) is 4. The minimum absolute atomic E-state index is 0. The number of aromatic nitrogens is 4. The van der Waals surface area contributed by atoms with Gasteiger partial charge < -0.3 is 4.98 Å². The minimum atomic E-state index is -0.468. The summed E-state index contributed by atoms with van der Waals surface area (Å²) in [6.45, 7) is 4.52. The van der Waals surface area contributed by atoms with E-state index >= 15 is 0 Å². The number of hydrogen-bond donors (Lipinski definition) is 0. The number of hydrogen-bond acceptors (Lipinski definition) is 4. The molecule has 0 bridgehead atoms. The largest absolute Gasteiger partial charge is 0.304 e. The molecule has 4 nitrogen and oxygen atoms in total. The molecule has 5 heteroatoms. The Morgan fingerprint density at radius 1 is 0.470 bits per heavy atom. The van der Waals surface area contributed by atoms with E-state index in [4.69, 9.17) is 19.9 Å². The standard InChI is InChI=1S/C61H53N4.Ir/c1-3-5-7-9-17-41-25-29-44(30-26-41)58-63-59(45-31-27-42(28-32-45)18-10-8-6-4-2)65-60(64-58)47-35-38-56(62-40-47)46-33-36-51-55(39-46)61(54-37-34-43-19-11-12-20-48(43)57(51)54)52-23-15-13-21-49(52)50-22-14-16-24-53(50)61;/h11-16,19-32,34-40H,3-10,17-18H2,1-2H3;/q-1;. The van der Waals surface area contributed by atoms with Gasteiger partial charge in [0.15, 0.2) is 17.5 Å². The second-order valence-electron chi connectivity index (χ2n) is 18.0. The van der Waals surface area contributed by atoms with Crippen molar-refractivity contribution in [1.82, 2.24) is 19.9 Å². The van der Waals surface area contributed by atoms with Crippen LogP contribution in [0, 0.1) is 6.07 Å². The molecule has 327 valence electrons. The van der Waals surface area contributed by atoms with Crippen LogP contribution in [0.4, 0.5) is 0 Å². The van der Waals surface area contributed by atoms with Crippen LogP contribution in [0.1, 0.15) is 98.6 Å². The van der Waals surface area contributed by atoms with E-state index < -0.39 is 5.41 Å². The third-order valence-electron chi connectivity index (χ3n) is 13.9. The molecule has 0 aliphatic heterocycles. The number of unbranched alkanes of at least 4 members (excludes halogenated alkanes) is 6. The first-order valence-corrected chi connectivity index (χ1v) is 23.8. The summed E-state index contributed by atoms with van der Waals surface area (Å²) in [4.78, 5) is 20.4. The molecule has 2 heterocycles. The Labute approximate surface area is 403 Å². The summed E-state index contributed by atoms with van der Waals surface area (Å²) in [6.07, 6.45) is 14.1. The van der Waals surface area contributed by atoms with Crippen LogP contribution >= 0.6 is 0 Å². The van der Waals surface area contributed by atoms with Crippen molar-refractivity contribution in [3.05, 3.63) is 203 Å². The zero-order valence-corrected chi connectivity index (χ0v) is 40.2. The predicted octanol–water partition coefficient (Wildman–Crippen LogP) is 15.5. The fourth-order valence-corrected chi connectivity index (χ4v) is 10.6. The van der Waals surface area contributed by atoms with Crippen LogP contribution in [0.15, 0.2) is 164 Å². The van der Waals surface area contributed by atoms with Gasteiger partial charge in [-0.2, -0.15) is 0 Å². The third kappa shape index (κ3) is 7.72. The van der Waals surface area contributed by atoms with Crippen molar-refractivity contribution in [1.29, 1.82) is 0 Å². The van der Waals surface area contributed by atoms with E-state index in [9.17, 15) is 0 Å². The van der Waals surface area contributed by atoms with Gasteiger partial charge in [-0.05, 0) is 86.7 Å². The average Bonchev–Trinajstić information content (AvgIpc) is 3.84. The van der Waals surface area contributed by atoms with E-state index in [0.29, 0.717) is 17.5 Å². The molecule has 0 saturated heterocycles. The summed E-state index contributed by atoms with van der Waals surface area (Å²) in [5, 5.41) is 2.51. The maximum atomic E-state index is 5.13. The monoisotopic (exact) mass is 1030 g/mol.